The van der Waals surface area contributed by atoms with E-state index in [4.69, 9.17) is 21.1 Å². The van der Waals surface area contributed by atoms with Gasteiger partial charge in [0.05, 0.1) is 12.3 Å². The quantitative estimate of drug-likeness (QED) is 0.500. The zero-order valence-electron chi connectivity index (χ0n) is 16.0. The lowest BCUT2D eigenvalue weighted by Gasteiger charge is -2.10. The van der Waals surface area contributed by atoms with Gasteiger partial charge in [-0.3, -0.25) is 9.79 Å². The van der Waals surface area contributed by atoms with Crippen LogP contribution in [0.2, 0.25) is 5.02 Å². The molecule has 5 nitrogen and oxygen atoms in total. The van der Waals surface area contributed by atoms with Crippen molar-refractivity contribution in [1.29, 1.82) is 0 Å². The molecule has 0 aliphatic rings. The SMILES string of the molecule is CCOc1ccc(N=Cc2cc(Cl)ccc2OCC(=O)Nc2ccccc2)cc1. The minimum absolute atomic E-state index is 0.125. The summed E-state index contributed by atoms with van der Waals surface area (Å²) < 4.78 is 11.1. The monoisotopic (exact) mass is 408 g/mol. The second-order valence-electron chi connectivity index (χ2n) is 6.07. The number of anilines is 1. The van der Waals surface area contributed by atoms with Crippen molar-refractivity contribution in [3.63, 3.8) is 0 Å². The predicted octanol–water partition coefficient (Wildman–Crippen LogP) is 5.51. The molecule has 0 fully saturated rings. The summed E-state index contributed by atoms with van der Waals surface area (Å²) in [6, 6.07) is 21.8. The van der Waals surface area contributed by atoms with Crippen LogP contribution in [0, 0.1) is 0 Å². The standard InChI is InChI=1S/C23H21ClN2O3/c1-2-28-21-11-9-19(10-12-21)25-15-17-14-18(24)8-13-22(17)29-16-23(27)26-20-6-4-3-5-7-20/h3-15H,2,16H2,1H3,(H,26,27). The Balaban J connectivity index is 1.66. The highest BCUT2D eigenvalue weighted by molar-refractivity contribution is 6.30. The summed E-state index contributed by atoms with van der Waals surface area (Å²) in [4.78, 5) is 16.6. The van der Waals surface area contributed by atoms with Gasteiger partial charge in [0, 0.05) is 22.5 Å². The largest absolute Gasteiger partial charge is 0.494 e. The van der Waals surface area contributed by atoms with E-state index in [9.17, 15) is 4.79 Å². The Hall–Kier alpha value is -3.31. The van der Waals surface area contributed by atoms with Gasteiger partial charge < -0.3 is 14.8 Å². The van der Waals surface area contributed by atoms with Crippen LogP contribution in [0.15, 0.2) is 77.8 Å². The molecule has 1 N–H and O–H groups in total. The molecule has 0 unspecified atom stereocenters. The molecule has 0 aliphatic heterocycles. The number of benzene rings is 3. The van der Waals surface area contributed by atoms with Gasteiger partial charge in [0.1, 0.15) is 11.5 Å². The van der Waals surface area contributed by atoms with E-state index in [2.05, 4.69) is 10.3 Å². The lowest BCUT2D eigenvalue weighted by atomic mass is 10.2. The summed E-state index contributed by atoms with van der Waals surface area (Å²) >= 11 is 6.11. The number of nitrogens with zero attached hydrogens (tertiary/aromatic N) is 1. The fourth-order valence-corrected chi connectivity index (χ4v) is 2.73. The minimum atomic E-state index is -0.249. The minimum Gasteiger partial charge on any atom is -0.494 e. The van der Waals surface area contributed by atoms with E-state index in [1.807, 2.05) is 61.5 Å². The first-order valence-corrected chi connectivity index (χ1v) is 9.56. The molecule has 3 aromatic carbocycles. The smallest absolute Gasteiger partial charge is 0.262 e. The van der Waals surface area contributed by atoms with Crippen LogP contribution in [0.25, 0.3) is 0 Å². The highest BCUT2D eigenvalue weighted by Gasteiger charge is 2.07. The van der Waals surface area contributed by atoms with Crippen molar-refractivity contribution >= 4 is 35.1 Å². The summed E-state index contributed by atoms with van der Waals surface area (Å²) in [5.41, 5.74) is 2.16. The fraction of sp³-hybridized carbons (Fsp3) is 0.130. The van der Waals surface area contributed by atoms with E-state index >= 15 is 0 Å². The molecule has 148 valence electrons. The third-order valence-corrected chi connectivity index (χ3v) is 4.12. The maximum atomic E-state index is 12.1. The number of hydrogen-bond donors (Lipinski definition) is 1. The molecule has 0 aromatic heterocycles. The summed E-state index contributed by atoms with van der Waals surface area (Å²) in [6.07, 6.45) is 1.66. The van der Waals surface area contributed by atoms with E-state index < -0.39 is 0 Å². The topological polar surface area (TPSA) is 59.9 Å². The van der Waals surface area contributed by atoms with Gasteiger partial charge in [0.25, 0.3) is 5.91 Å². The number of hydrogen-bond acceptors (Lipinski definition) is 4. The van der Waals surface area contributed by atoms with Crippen molar-refractivity contribution in [2.45, 2.75) is 6.92 Å². The van der Waals surface area contributed by atoms with Crippen LogP contribution in [0.3, 0.4) is 0 Å². The van der Waals surface area contributed by atoms with E-state index in [0.717, 1.165) is 17.1 Å². The normalized spacial score (nSPS) is 10.7. The average molecular weight is 409 g/mol. The number of rotatable bonds is 8. The van der Waals surface area contributed by atoms with Gasteiger partial charge in [-0.1, -0.05) is 29.8 Å². The lowest BCUT2D eigenvalue weighted by molar-refractivity contribution is -0.118. The van der Waals surface area contributed by atoms with E-state index in [1.54, 1.807) is 24.4 Å². The van der Waals surface area contributed by atoms with Crippen LogP contribution in [-0.2, 0) is 4.79 Å². The zero-order chi connectivity index (χ0) is 20.5. The van der Waals surface area contributed by atoms with Crippen LogP contribution >= 0.6 is 11.6 Å². The second-order valence-corrected chi connectivity index (χ2v) is 6.51. The third-order valence-electron chi connectivity index (χ3n) is 3.89. The van der Waals surface area contributed by atoms with Crippen LogP contribution in [-0.4, -0.2) is 25.3 Å². The molecular weight excluding hydrogens is 388 g/mol. The summed E-state index contributed by atoms with van der Waals surface area (Å²) in [7, 11) is 0. The van der Waals surface area contributed by atoms with Crippen molar-refractivity contribution in [3.05, 3.63) is 83.4 Å². The van der Waals surface area contributed by atoms with Crippen LogP contribution in [0.4, 0.5) is 11.4 Å². The van der Waals surface area contributed by atoms with Crippen molar-refractivity contribution in [2.24, 2.45) is 4.99 Å². The molecule has 0 atom stereocenters. The maximum Gasteiger partial charge on any atom is 0.262 e. The molecular formula is C23H21ClN2O3. The number of carbonyl (C=O) groups excluding carboxylic acids is 1. The third kappa shape index (κ3) is 6.36. The first kappa shape index (κ1) is 20.4. The summed E-state index contributed by atoms with van der Waals surface area (Å²) in [5.74, 6) is 1.07. The number of ether oxygens (including phenoxy) is 2. The molecule has 29 heavy (non-hydrogen) atoms. The van der Waals surface area contributed by atoms with E-state index in [1.165, 1.54) is 0 Å². The Labute approximate surface area is 175 Å². The zero-order valence-corrected chi connectivity index (χ0v) is 16.7. The molecule has 3 aromatic rings. The van der Waals surface area contributed by atoms with Crippen molar-refractivity contribution in [2.75, 3.05) is 18.5 Å². The summed E-state index contributed by atoms with van der Waals surface area (Å²) in [6.45, 7) is 2.43. The number of para-hydroxylation sites is 1. The average Bonchev–Trinajstić information content (AvgIpc) is 2.73. The Kier molecular flexibility index (Phi) is 7.25. The Morgan fingerprint density at radius 2 is 1.79 bits per heavy atom. The number of halogens is 1. The number of aliphatic imine (C=N–C) groups is 1. The van der Waals surface area contributed by atoms with Gasteiger partial charge in [-0.2, -0.15) is 0 Å². The van der Waals surface area contributed by atoms with Gasteiger partial charge in [-0.15, -0.1) is 0 Å². The van der Waals surface area contributed by atoms with Gasteiger partial charge in [-0.05, 0) is 61.5 Å². The molecule has 0 saturated heterocycles. The van der Waals surface area contributed by atoms with Crippen LogP contribution < -0.4 is 14.8 Å². The Morgan fingerprint density at radius 1 is 1.03 bits per heavy atom. The van der Waals surface area contributed by atoms with Gasteiger partial charge in [0.15, 0.2) is 6.61 Å². The first-order valence-electron chi connectivity index (χ1n) is 9.18. The molecule has 0 saturated carbocycles. The Bertz CT molecular complexity index is 973. The molecule has 0 heterocycles. The van der Waals surface area contributed by atoms with Crippen LogP contribution in [0.5, 0.6) is 11.5 Å². The number of carbonyl (C=O) groups is 1. The van der Waals surface area contributed by atoms with Crippen molar-refractivity contribution in [1.82, 2.24) is 0 Å². The molecule has 6 heteroatoms. The molecule has 0 aliphatic carbocycles. The van der Waals surface area contributed by atoms with Crippen LogP contribution in [0.1, 0.15) is 12.5 Å². The number of amides is 1. The highest BCUT2D eigenvalue weighted by Crippen LogP contribution is 2.23. The summed E-state index contributed by atoms with van der Waals surface area (Å²) in [5, 5.41) is 3.34. The molecule has 0 radical (unpaired) electrons. The van der Waals surface area contributed by atoms with Gasteiger partial charge >= 0.3 is 0 Å². The molecule has 1 amide bonds. The highest BCUT2D eigenvalue weighted by atomic mass is 35.5. The lowest BCUT2D eigenvalue weighted by Crippen LogP contribution is -2.20. The molecule has 0 spiro atoms. The Morgan fingerprint density at radius 3 is 2.52 bits per heavy atom. The predicted molar refractivity (Wildman–Crippen MR) is 117 cm³/mol. The molecule has 0 bridgehead atoms. The van der Waals surface area contributed by atoms with Crippen molar-refractivity contribution < 1.29 is 14.3 Å². The second kappa shape index (κ2) is 10.3. The maximum absolute atomic E-state index is 12.1. The van der Waals surface area contributed by atoms with E-state index in [-0.39, 0.29) is 12.5 Å². The fourth-order valence-electron chi connectivity index (χ4n) is 2.55. The van der Waals surface area contributed by atoms with Gasteiger partial charge in [-0.25, -0.2) is 0 Å². The van der Waals surface area contributed by atoms with Gasteiger partial charge in [0.2, 0.25) is 0 Å². The molecule has 3 rings (SSSR count). The van der Waals surface area contributed by atoms with E-state index in [0.29, 0.717) is 22.9 Å². The first-order chi connectivity index (χ1) is 14.1. The van der Waals surface area contributed by atoms with Crippen molar-refractivity contribution in [3.8, 4) is 11.5 Å². The number of nitrogens with one attached hydrogen (secondary N) is 1.